The molecule has 120 valence electrons. The van der Waals surface area contributed by atoms with Crippen molar-refractivity contribution in [3.05, 3.63) is 54.1 Å². The number of phenolic OH excluding ortho intramolecular Hbond substituents is 1. The summed E-state index contributed by atoms with van der Waals surface area (Å²) in [5.74, 6) is 0.297. The average Bonchev–Trinajstić information content (AvgIpc) is 3.03. The van der Waals surface area contributed by atoms with Crippen LogP contribution in [0.1, 0.15) is 23.2 Å². The minimum absolute atomic E-state index is 0.0604. The predicted molar refractivity (Wildman–Crippen MR) is 89.5 cm³/mol. The summed E-state index contributed by atoms with van der Waals surface area (Å²) in [7, 11) is 1.67. The van der Waals surface area contributed by atoms with Crippen molar-refractivity contribution in [1.82, 2.24) is 4.90 Å². The van der Waals surface area contributed by atoms with Gasteiger partial charge in [-0.1, -0.05) is 24.3 Å². The molecule has 4 nitrogen and oxygen atoms in total. The minimum atomic E-state index is 0.0604. The lowest BCUT2D eigenvalue weighted by Gasteiger charge is -2.24. The molecule has 1 heterocycles. The van der Waals surface area contributed by atoms with Crippen LogP contribution in [0.2, 0.25) is 0 Å². The van der Waals surface area contributed by atoms with Gasteiger partial charge in [-0.05, 0) is 48.2 Å². The number of rotatable bonds is 4. The van der Waals surface area contributed by atoms with Gasteiger partial charge in [-0.25, -0.2) is 0 Å². The first-order valence-electron chi connectivity index (χ1n) is 7.88. The molecule has 1 saturated heterocycles. The Kier molecular flexibility index (Phi) is 4.63. The highest BCUT2D eigenvalue weighted by Crippen LogP contribution is 2.25. The Hall–Kier alpha value is -2.33. The van der Waals surface area contributed by atoms with Gasteiger partial charge in [0.15, 0.2) is 0 Å². The third-order valence-electron chi connectivity index (χ3n) is 4.31. The molecule has 1 amide bonds. The van der Waals surface area contributed by atoms with E-state index in [1.807, 2.05) is 41.3 Å². The Morgan fingerprint density at radius 2 is 2.00 bits per heavy atom. The molecule has 0 aromatic heterocycles. The highest BCUT2D eigenvalue weighted by molar-refractivity contribution is 5.95. The SMILES string of the molecule is COC[C@H]1CCCN1C(=O)c1cccc(-c2ccc(O)cc2)c1. The number of carbonyl (C=O) groups is 1. The lowest BCUT2D eigenvalue weighted by molar-refractivity contribution is 0.0630. The van der Waals surface area contributed by atoms with Gasteiger partial charge in [-0.15, -0.1) is 0 Å². The van der Waals surface area contributed by atoms with Crippen molar-refractivity contribution in [2.45, 2.75) is 18.9 Å². The molecule has 1 atom stereocenters. The van der Waals surface area contributed by atoms with Crippen molar-refractivity contribution in [2.24, 2.45) is 0 Å². The quantitative estimate of drug-likeness (QED) is 0.942. The standard InChI is InChI=1S/C19H21NO3/c1-23-13-17-6-3-11-20(17)19(22)16-5-2-4-15(12-16)14-7-9-18(21)10-8-14/h2,4-5,7-10,12,17,21H,3,6,11,13H2,1H3/t17-/m1/s1. The lowest BCUT2D eigenvalue weighted by Crippen LogP contribution is -2.38. The molecule has 0 unspecified atom stereocenters. The van der Waals surface area contributed by atoms with Gasteiger partial charge in [0.1, 0.15) is 5.75 Å². The van der Waals surface area contributed by atoms with E-state index in [1.165, 1.54) is 0 Å². The maximum absolute atomic E-state index is 12.8. The van der Waals surface area contributed by atoms with E-state index < -0.39 is 0 Å². The summed E-state index contributed by atoms with van der Waals surface area (Å²) >= 11 is 0. The molecular weight excluding hydrogens is 290 g/mol. The van der Waals surface area contributed by atoms with Crippen LogP contribution in [-0.4, -0.2) is 42.2 Å². The third kappa shape index (κ3) is 3.37. The topological polar surface area (TPSA) is 49.8 Å². The van der Waals surface area contributed by atoms with Gasteiger partial charge in [0.2, 0.25) is 0 Å². The first-order chi connectivity index (χ1) is 11.2. The summed E-state index contributed by atoms with van der Waals surface area (Å²) in [6.45, 7) is 1.37. The summed E-state index contributed by atoms with van der Waals surface area (Å²) in [6, 6.07) is 14.8. The molecule has 1 N–H and O–H groups in total. The van der Waals surface area contributed by atoms with Crippen molar-refractivity contribution in [3.63, 3.8) is 0 Å². The summed E-state index contributed by atoms with van der Waals surface area (Å²) in [4.78, 5) is 14.7. The number of phenols is 1. The molecule has 0 radical (unpaired) electrons. The number of amides is 1. The van der Waals surface area contributed by atoms with E-state index in [2.05, 4.69) is 0 Å². The van der Waals surface area contributed by atoms with E-state index in [4.69, 9.17) is 4.74 Å². The smallest absolute Gasteiger partial charge is 0.254 e. The molecule has 0 aliphatic carbocycles. The van der Waals surface area contributed by atoms with Crippen molar-refractivity contribution >= 4 is 5.91 Å². The van der Waals surface area contributed by atoms with Crippen LogP contribution in [0.4, 0.5) is 0 Å². The molecule has 2 aromatic carbocycles. The largest absolute Gasteiger partial charge is 0.508 e. The molecule has 0 spiro atoms. The molecule has 1 fully saturated rings. The van der Waals surface area contributed by atoms with E-state index in [0.29, 0.717) is 12.2 Å². The van der Waals surface area contributed by atoms with Gasteiger partial charge >= 0.3 is 0 Å². The number of aromatic hydroxyl groups is 1. The first kappa shape index (κ1) is 15.6. The van der Waals surface area contributed by atoms with Crippen molar-refractivity contribution < 1.29 is 14.6 Å². The number of hydrogen-bond donors (Lipinski definition) is 1. The summed E-state index contributed by atoms with van der Waals surface area (Å²) in [6.07, 6.45) is 2.02. The van der Waals surface area contributed by atoms with Gasteiger partial charge < -0.3 is 14.7 Å². The molecule has 4 heteroatoms. The number of carbonyl (C=O) groups excluding carboxylic acids is 1. The van der Waals surface area contributed by atoms with Crippen LogP contribution >= 0.6 is 0 Å². The van der Waals surface area contributed by atoms with Crippen LogP contribution in [0.5, 0.6) is 5.75 Å². The van der Waals surface area contributed by atoms with Crippen molar-refractivity contribution in [1.29, 1.82) is 0 Å². The molecule has 0 bridgehead atoms. The van der Waals surface area contributed by atoms with Gasteiger partial charge in [0, 0.05) is 19.2 Å². The molecule has 1 aliphatic heterocycles. The Labute approximate surface area is 136 Å². The molecule has 2 aromatic rings. The highest BCUT2D eigenvalue weighted by atomic mass is 16.5. The number of methoxy groups -OCH3 is 1. The van der Waals surface area contributed by atoms with E-state index in [-0.39, 0.29) is 17.7 Å². The Balaban J connectivity index is 1.84. The molecule has 1 aliphatic rings. The van der Waals surface area contributed by atoms with E-state index in [0.717, 1.165) is 30.5 Å². The molecule has 3 rings (SSSR count). The predicted octanol–water partition coefficient (Wildman–Crippen LogP) is 3.31. The van der Waals surface area contributed by atoms with E-state index in [9.17, 15) is 9.90 Å². The second kappa shape index (κ2) is 6.84. The fraction of sp³-hybridized carbons (Fsp3) is 0.316. The van der Waals surface area contributed by atoms with Crippen LogP contribution in [0.25, 0.3) is 11.1 Å². The van der Waals surface area contributed by atoms with Gasteiger partial charge in [-0.2, -0.15) is 0 Å². The maximum atomic E-state index is 12.8. The van der Waals surface area contributed by atoms with E-state index >= 15 is 0 Å². The summed E-state index contributed by atoms with van der Waals surface area (Å²) < 4.78 is 5.23. The van der Waals surface area contributed by atoms with Gasteiger partial charge in [0.25, 0.3) is 5.91 Å². The fourth-order valence-electron chi connectivity index (χ4n) is 3.12. The van der Waals surface area contributed by atoms with Crippen molar-refractivity contribution in [3.8, 4) is 16.9 Å². The Bertz CT molecular complexity index is 681. The van der Waals surface area contributed by atoms with Crippen LogP contribution in [0.15, 0.2) is 48.5 Å². The second-order valence-corrected chi connectivity index (χ2v) is 5.88. The van der Waals surface area contributed by atoms with Gasteiger partial charge in [0.05, 0.1) is 12.6 Å². The third-order valence-corrected chi connectivity index (χ3v) is 4.31. The van der Waals surface area contributed by atoms with Gasteiger partial charge in [-0.3, -0.25) is 4.79 Å². The number of benzene rings is 2. The van der Waals surface area contributed by atoms with Crippen LogP contribution in [0.3, 0.4) is 0 Å². The fourth-order valence-corrected chi connectivity index (χ4v) is 3.12. The number of ether oxygens (including phenoxy) is 1. The maximum Gasteiger partial charge on any atom is 0.254 e. The minimum Gasteiger partial charge on any atom is -0.508 e. The number of hydrogen-bond acceptors (Lipinski definition) is 3. The lowest BCUT2D eigenvalue weighted by atomic mass is 10.0. The zero-order valence-corrected chi connectivity index (χ0v) is 13.2. The summed E-state index contributed by atoms with van der Waals surface area (Å²) in [5, 5.41) is 9.40. The first-order valence-corrected chi connectivity index (χ1v) is 7.88. The zero-order chi connectivity index (χ0) is 16.2. The number of nitrogens with zero attached hydrogens (tertiary/aromatic N) is 1. The average molecular weight is 311 g/mol. The summed E-state index contributed by atoms with van der Waals surface area (Å²) in [5.41, 5.74) is 2.64. The van der Waals surface area contributed by atoms with Crippen LogP contribution in [0, 0.1) is 0 Å². The second-order valence-electron chi connectivity index (χ2n) is 5.88. The zero-order valence-electron chi connectivity index (χ0n) is 13.2. The normalized spacial score (nSPS) is 17.4. The highest BCUT2D eigenvalue weighted by Gasteiger charge is 2.29. The van der Waals surface area contributed by atoms with E-state index in [1.54, 1.807) is 19.2 Å². The Morgan fingerprint density at radius 3 is 2.74 bits per heavy atom. The monoisotopic (exact) mass is 311 g/mol. The van der Waals surface area contributed by atoms with Crippen LogP contribution in [-0.2, 0) is 4.74 Å². The number of likely N-dealkylation sites (tertiary alicyclic amines) is 1. The Morgan fingerprint density at radius 1 is 1.22 bits per heavy atom. The molecule has 0 saturated carbocycles. The van der Waals surface area contributed by atoms with Crippen molar-refractivity contribution in [2.75, 3.05) is 20.3 Å². The van der Waals surface area contributed by atoms with Crippen LogP contribution < -0.4 is 0 Å². The molecule has 23 heavy (non-hydrogen) atoms. The molecular formula is C19H21NO3.